The lowest BCUT2D eigenvalue weighted by atomic mass is 10.1. The molecule has 0 N–H and O–H groups in total. The molecule has 9 nitrogen and oxygen atoms in total. The highest BCUT2D eigenvalue weighted by Gasteiger charge is 2.24. The minimum absolute atomic E-state index is 0.758. The second-order valence-corrected chi connectivity index (χ2v) is 24.4. The van der Waals surface area contributed by atoms with E-state index in [1.165, 1.54) is 21.5 Å². The summed E-state index contributed by atoms with van der Waals surface area (Å²) >= 11 is 0. The van der Waals surface area contributed by atoms with Crippen molar-refractivity contribution in [2.45, 2.75) is 0 Å². The fourth-order valence-corrected chi connectivity index (χ4v) is 15.1. The molecule has 0 aliphatic carbocycles. The molecule has 21 aromatic rings. The molecule has 14 aromatic carbocycles. The first-order valence-electron chi connectivity index (χ1n) is 31.3. The second-order valence-electron chi connectivity index (χ2n) is 24.4. The van der Waals surface area contributed by atoms with Gasteiger partial charge in [0.15, 0.2) is 0 Å². The Hall–Kier alpha value is -12.7. The van der Waals surface area contributed by atoms with E-state index in [-0.39, 0.29) is 0 Å². The first-order valence-corrected chi connectivity index (χ1v) is 31.3. The summed E-state index contributed by atoms with van der Waals surface area (Å²) in [5.41, 5.74) is 20.4. The van der Waals surface area contributed by atoms with E-state index < -0.39 is 0 Å². The monoisotopic (exact) mass is 1190 g/mol. The maximum absolute atomic E-state index is 6.95. The Bertz CT molecular complexity index is 6230. The van der Waals surface area contributed by atoms with E-state index in [2.05, 4.69) is 286 Å². The summed E-state index contributed by atoms with van der Waals surface area (Å²) in [5.74, 6) is 0. The van der Waals surface area contributed by atoms with Crippen LogP contribution in [0.3, 0.4) is 0 Å². The molecule has 0 saturated heterocycles. The summed E-state index contributed by atoms with van der Waals surface area (Å²) < 4.78 is 38.5. The third kappa shape index (κ3) is 7.38. The van der Waals surface area contributed by atoms with Gasteiger partial charge in [-0.05, 0) is 146 Å². The standard InChI is InChI=1S/C84H48N4O5/c1-7-25-71-57(19-1)58-20-2-8-26-72(58)87(71)51-17-13-15-49(39-51)85(53-31-35-63-61-23-5-11-29-75(61)89-77(63)41-53)55-33-37-65-67-45-83-69(47-81(67)91-79(65)43-55)70-48-82-68(46-84(70)93-83)66-38-34-56(44-80(66)92-82)86(54-32-36-64-62-24-6-12-30-76(62)90-78(64)42-54)50-16-14-18-52(40-50)88-73-27-9-3-21-59(73)60-22-4-10-28-74(60)88/h1-48H. The van der Waals surface area contributed by atoms with Gasteiger partial charge in [-0.1, -0.05) is 121 Å². The topological polar surface area (TPSA) is 82.0 Å². The minimum atomic E-state index is 0.758. The van der Waals surface area contributed by atoms with Gasteiger partial charge in [-0.2, -0.15) is 0 Å². The molecule has 0 bridgehead atoms. The second kappa shape index (κ2) is 18.9. The van der Waals surface area contributed by atoms with Crippen molar-refractivity contribution < 1.29 is 22.1 Å². The lowest BCUT2D eigenvalue weighted by Gasteiger charge is -2.26. The number of anilines is 6. The summed E-state index contributed by atoms with van der Waals surface area (Å²) in [4.78, 5) is 4.59. The van der Waals surface area contributed by atoms with E-state index in [1.807, 2.05) is 24.3 Å². The molecule has 0 unspecified atom stereocenters. The number of fused-ring (bicyclic) bond motifs is 21. The molecule has 0 spiro atoms. The van der Waals surface area contributed by atoms with Gasteiger partial charge in [0.2, 0.25) is 0 Å². The van der Waals surface area contributed by atoms with Gasteiger partial charge >= 0.3 is 0 Å². The first kappa shape index (κ1) is 50.2. The van der Waals surface area contributed by atoms with Gasteiger partial charge in [-0.15, -0.1) is 0 Å². The van der Waals surface area contributed by atoms with Crippen molar-refractivity contribution in [1.29, 1.82) is 0 Å². The molecular weight excluding hydrogens is 1140 g/mol. The van der Waals surface area contributed by atoms with Crippen molar-refractivity contribution in [3.8, 4) is 11.4 Å². The van der Waals surface area contributed by atoms with Crippen LogP contribution in [-0.4, -0.2) is 9.13 Å². The van der Waals surface area contributed by atoms with Crippen LogP contribution in [-0.2, 0) is 0 Å². The fourth-order valence-electron chi connectivity index (χ4n) is 15.1. The van der Waals surface area contributed by atoms with Crippen LogP contribution >= 0.6 is 0 Å². The van der Waals surface area contributed by atoms with E-state index >= 15 is 0 Å². The smallest absolute Gasteiger partial charge is 0.137 e. The predicted molar refractivity (Wildman–Crippen MR) is 381 cm³/mol. The maximum atomic E-state index is 6.95. The predicted octanol–water partition coefficient (Wildman–Crippen LogP) is 24.3. The van der Waals surface area contributed by atoms with Gasteiger partial charge in [-0.3, -0.25) is 0 Å². The zero-order valence-electron chi connectivity index (χ0n) is 49.5. The van der Waals surface area contributed by atoms with Gasteiger partial charge in [0, 0.05) is 145 Å². The largest absolute Gasteiger partial charge is 0.456 e. The minimum Gasteiger partial charge on any atom is -0.456 e. The van der Waals surface area contributed by atoms with Gasteiger partial charge in [0.05, 0.1) is 22.1 Å². The Labute approximate surface area is 528 Å². The molecule has 0 amide bonds. The van der Waals surface area contributed by atoms with E-state index in [1.54, 1.807) is 0 Å². The first-order chi connectivity index (χ1) is 46.0. The van der Waals surface area contributed by atoms with Gasteiger partial charge in [0.1, 0.15) is 55.8 Å². The van der Waals surface area contributed by atoms with E-state index in [4.69, 9.17) is 22.1 Å². The average molecular weight is 1190 g/mol. The Morgan fingerprint density at radius 3 is 0.763 bits per heavy atom. The number of nitrogens with zero attached hydrogens (tertiary/aromatic N) is 4. The van der Waals surface area contributed by atoms with Crippen molar-refractivity contribution in [3.05, 3.63) is 291 Å². The van der Waals surface area contributed by atoms with Crippen LogP contribution in [0.1, 0.15) is 0 Å². The van der Waals surface area contributed by atoms with Crippen molar-refractivity contribution in [1.82, 2.24) is 9.13 Å². The number of para-hydroxylation sites is 6. The van der Waals surface area contributed by atoms with E-state index in [0.29, 0.717) is 0 Å². The van der Waals surface area contributed by atoms with E-state index in [0.717, 1.165) is 177 Å². The van der Waals surface area contributed by atoms with Crippen LogP contribution in [0.25, 0.3) is 165 Å². The molecule has 9 heteroatoms. The highest BCUT2D eigenvalue weighted by molar-refractivity contribution is 6.20. The highest BCUT2D eigenvalue weighted by Crippen LogP contribution is 2.47. The Balaban J connectivity index is 0.681. The van der Waals surface area contributed by atoms with E-state index in [9.17, 15) is 0 Å². The number of rotatable bonds is 8. The molecule has 21 rings (SSSR count). The van der Waals surface area contributed by atoms with Crippen LogP contribution in [0.2, 0.25) is 0 Å². The third-order valence-electron chi connectivity index (χ3n) is 19.2. The SMILES string of the molecule is c1cc(N(c2ccc3c(c2)oc2ccccc23)c2ccc3c(c2)oc2cc4c(cc23)oc2cc3c(cc24)oc2cc(N(c4cccc(-n5c6ccccc6c6ccccc65)c4)c4ccc5c(c4)oc4ccccc45)ccc23)cc(-n2c3ccccc3c3ccccc32)c1. The molecular formula is C84H48N4O5. The lowest BCUT2D eigenvalue weighted by Crippen LogP contribution is -2.10. The van der Waals surface area contributed by atoms with Crippen molar-refractivity contribution >= 4 is 187 Å². The zero-order chi connectivity index (χ0) is 60.6. The molecule has 0 saturated carbocycles. The summed E-state index contributed by atoms with van der Waals surface area (Å²) in [6, 6.07) is 103. The number of hydrogen-bond donors (Lipinski definition) is 0. The summed E-state index contributed by atoms with van der Waals surface area (Å²) in [5, 5.41) is 15.0. The van der Waals surface area contributed by atoms with Gasteiger partial charge in [0.25, 0.3) is 0 Å². The Morgan fingerprint density at radius 2 is 0.419 bits per heavy atom. The quantitative estimate of drug-likeness (QED) is 0.150. The van der Waals surface area contributed by atoms with Crippen molar-refractivity contribution in [2.75, 3.05) is 9.80 Å². The summed E-state index contributed by atoms with van der Waals surface area (Å²) in [6.45, 7) is 0. The van der Waals surface area contributed by atoms with Crippen LogP contribution in [0.15, 0.2) is 313 Å². The Morgan fingerprint density at radius 1 is 0.172 bits per heavy atom. The van der Waals surface area contributed by atoms with Crippen LogP contribution in [0, 0.1) is 0 Å². The molecule has 0 radical (unpaired) electrons. The van der Waals surface area contributed by atoms with Crippen LogP contribution in [0.4, 0.5) is 34.1 Å². The number of hydrogen-bond acceptors (Lipinski definition) is 7. The molecule has 7 heterocycles. The normalized spacial score (nSPS) is 12.3. The van der Waals surface area contributed by atoms with Crippen molar-refractivity contribution in [2.24, 2.45) is 0 Å². The molecule has 0 aliphatic rings. The maximum Gasteiger partial charge on any atom is 0.137 e. The molecule has 0 atom stereocenters. The molecule has 93 heavy (non-hydrogen) atoms. The number of benzene rings is 14. The Kier molecular flexibility index (Phi) is 10.2. The zero-order valence-corrected chi connectivity index (χ0v) is 49.5. The van der Waals surface area contributed by atoms with Crippen LogP contribution in [0.5, 0.6) is 0 Å². The summed E-state index contributed by atoms with van der Waals surface area (Å²) in [6.07, 6.45) is 0. The average Bonchev–Trinajstić information content (AvgIpc) is 1.60. The molecule has 7 aromatic heterocycles. The van der Waals surface area contributed by atoms with Crippen LogP contribution < -0.4 is 9.80 Å². The molecule has 0 aliphatic heterocycles. The number of aromatic nitrogens is 2. The highest BCUT2D eigenvalue weighted by atomic mass is 16.3. The lowest BCUT2D eigenvalue weighted by molar-refractivity contribution is 0.662. The molecule has 0 fully saturated rings. The fraction of sp³-hybridized carbons (Fsp3) is 0. The summed E-state index contributed by atoms with van der Waals surface area (Å²) in [7, 11) is 0. The van der Waals surface area contributed by atoms with Gasteiger partial charge in [-0.25, -0.2) is 0 Å². The third-order valence-corrected chi connectivity index (χ3v) is 19.2. The van der Waals surface area contributed by atoms with Crippen molar-refractivity contribution in [3.63, 3.8) is 0 Å². The van der Waals surface area contributed by atoms with Gasteiger partial charge < -0.3 is 41.0 Å². The molecule has 434 valence electrons. The number of furan rings is 5.